The zero-order chi connectivity index (χ0) is 23.1. The zero-order valence-electron chi connectivity index (χ0n) is 17.8. The second-order valence-electron chi connectivity index (χ2n) is 8.88. The number of anilines is 1. The fourth-order valence-electron chi connectivity index (χ4n) is 4.04. The van der Waals surface area contributed by atoms with E-state index in [1.807, 2.05) is 13.8 Å². The minimum atomic E-state index is -3.86. The topological polar surface area (TPSA) is 140 Å². The average Bonchev–Trinajstić information content (AvgIpc) is 3.09. The van der Waals surface area contributed by atoms with Crippen LogP contribution in [0.1, 0.15) is 42.6 Å². The molecule has 12 heteroatoms. The number of guanidine groups is 1. The molecule has 1 fully saturated rings. The molecule has 1 aliphatic carbocycles. The van der Waals surface area contributed by atoms with Crippen LogP contribution in [-0.4, -0.2) is 63.3 Å². The molecular weight excluding hydrogens is 436 g/mol. The van der Waals surface area contributed by atoms with Gasteiger partial charge < -0.3 is 15.1 Å². The van der Waals surface area contributed by atoms with E-state index in [-0.39, 0.29) is 28.0 Å². The molecule has 1 atom stereocenters. The van der Waals surface area contributed by atoms with Crippen molar-refractivity contribution < 1.29 is 23.4 Å². The van der Waals surface area contributed by atoms with E-state index in [9.17, 15) is 23.4 Å². The maximum atomic E-state index is 13.5. The summed E-state index contributed by atoms with van der Waals surface area (Å²) in [6, 6.07) is 4.12. The van der Waals surface area contributed by atoms with Crippen LogP contribution in [0.4, 0.5) is 5.69 Å². The lowest BCUT2D eigenvalue weighted by Crippen LogP contribution is -2.60. The molecule has 1 saturated carbocycles. The molecule has 1 aromatic heterocycles. The van der Waals surface area contributed by atoms with Crippen molar-refractivity contribution in [2.45, 2.75) is 49.1 Å². The van der Waals surface area contributed by atoms with Crippen LogP contribution in [0.3, 0.4) is 0 Å². The third-order valence-corrected chi connectivity index (χ3v) is 7.75. The quantitative estimate of drug-likeness (QED) is 0.536. The molecular formula is C20H24N6O5S. The number of aromatic nitrogens is 2. The summed E-state index contributed by atoms with van der Waals surface area (Å²) in [5.74, 6) is -3.42. The number of fused-ring (bicyclic) bond motifs is 3. The smallest absolute Gasteiger partial charge is 0.287 e. The van der Waals surface area contributed by atoms with Crippen LogP contribution >= 0.6 is 0 Å². The van der Waals surface area contributed by atoms with Gasteiger partial charge in [-0.2, -0.15) is 5.10 Å². The Labute approximate surface area is 185 Å². The Morgan fingerprint density at radius 1 is 1.28 bits per heavy atom. The van der Waals surface area contributed by atoms with E-state index >= 15 is 0 Å². The lowest BCUT2D eigenvalue weighted by atomic mass is 10.0. The van der Waals surface area contributed by atoms with Crippen molar-refractivity contribution in [3.8, 4) is 0 Å². The van der Waals surface area contributed by atoms with Gasteiger partial charge in [0.25, 0.3) is 11.8 Å². The van der Waals surface area contributed by atoms with Crippen molar-refractivity contribution in [1.29, 1.82) is 0 Å². The van der Waals surface area contributed by atoms with Gasteiger partial charge in [0.15, 0.2) is 0 Å². The molecule has 0 radical (unpaired) electrons. The molecule has 0 saturated heterocycles. The number of amides is 1. The number of aliphatic hydroxyl groups is 2. The molecule has 3 aliphatic rings. The Morgan fingerprint density at radius 3 is 2.62 bits per heavy atom. The second-order valence-corrected chi connectivity index (χ2v) is 10.6. The Kier molecular flexibility index (Phi) is 4.35. The molecule has 32 heavy (non-hydrogen) atoms. The fourth-order valence-corrected chi connectivity index (χ4v) is 5.54. The number of hydrogen-bond acceptors (Lipinski definition) is 8. The van der Waals surface area contributed by atoms with Gasteiger partial charge in [-0.15, -0.1) is 0 Å². The van der Waals surface area contributed by atoms with E-state index < -0.39 is 27.4 Å². The Balaban J connectivity index is 1.62. The number of aliphatic imine (C=N–C) groups is 1. The number of nitrogens with zero attached hydrogens (tertiary/aromatic N) is 5. The zero-order valence-corrected chi connectivity index (χ0v) is 18.7. The number of hydrogen-bond donors (Lipinski definition) is 3. The molecule has 2 aromatic rings. The van der Waals surface area contributed by atoms with Gasteiger partial charge in [-0.25, -0.2) is 23.0 Å². The van der Waals surface area contributed by atoms with Crippen LogP contribution in [0.25, 0.3) is 0 Å². The standard InChI is InChI=1S/C20H24N6O5S/c1-12-9-21-18-25(12)16-5-4-14(32(30,31)23-19(2)6-7-19)8-15(16)17(27)26(18)20(28,29)13-10-22-24(3)11-13/h4-5,8,10-12,23,28-29H,6-7,9H2,1-3H3. The fraction of sp³-hybridized carbons (Fsp3) is 0.450. The van der Waals surface area contributed by atoms with Crippen molar-refractivity contribution in [3.63, 3.8) is 0 Å². The molecule has 170 valence electrons. The molecule has 1 amide bonds. The number of carbonyl (C=O) groups is 1. The summed E-state index contributed by atoms with van der Waals surface area (Å²) in [4.78, 5) is 20.3. The maximum absolute atomic E-state index is 13.5. The number of nitrogens with one attached hydrogen (secondary N) is 1. The highest BCUT2D eigenvalue weighted by atomic mass is 32.2. The van der Waals surface area contributed by atoms with Crippen LogP contribution < -0.4 is 9.62 Å². The number of benzene rings is 1. The minimum absolute atomic E-state index is 0.0221. The molecule has 1 aromatic carbocycles. The van der Waals surface area contributed by atoms with Gasteiger partial charge in [-0.1, -0.05) is 0 Å². The number of aryl methyl sites for hydroxylation is 1. The highest BCUT2D eigenvalue weighted by Gasteiger charge is 2.51. The summed E-state index contributed by atoms with van der Waals surface area (Å²) < 4.78 is 29.8. The van der Waals surface area contributed by atoms with E-state index in [1.54, 1.807) is 18.0 Å². The molecule has 1 unspecified atom stereocenters. The van der Waals surface area contributed by atoms with E-state index in [2.05, 4.69) is 14.8 Å². The summed E-state index contributed by atoms with van der Waals surface area (Å²) in [7, 11) is -2.25. The van der Waals surface area contributed by atoms with Crippen molar-refractivity contribution in [2.24, 2.45) is 12.0 Å². The van der Waals surface area contributed by atoms with E-state index in [0.29, 0.717) is 12.2 Å². The number of sulfonamides is 1. The monoisotopic (exact) mass is 460 g/mol. The first-order valence-corrected chi connectivity index (χ1v) is 11.7. The third kappa shape index (κ3) is 3.13. The summed E-state index contributed by atoms with van der Waals surface area (Å²) in [5.41, 5.74) is 0.0114. The van der Waals surface area contributed by atoms with Gasteiger partial charge in [0, 0.05) is 18.8 Å². The maximum Gasteiger partial charge on any atom is 0.287 e. The van der Waals surface area contributed by atoms with Crippen molar-refractivity contribution >= 4 is 27.6 Å². The first-order valence-electron chi connectivity index (χ1n) is 10.2. The third-order valence-electron chi connectivity index (χ3n) is 6.11. The van der Waals surface area contributed by atoms with Crippen molar-refractivity contribution in [3.05, 3.63) is 41.7 Å². The van der Waals surface area contributed by atoms with Crippen LogP contribution in [0.2, 0.25) is 0 Å². The molecule has 0 bridgehead atoms. The molecule has 3 N–H and O–H groups in total. The molecule has 5 rings (SSSR count). The average molecular weight is 461 g/mol. The Hall–Kier alpha value is -2.80. The van der Waals surface area contributed by atoms with Gasteiger partial charge in [-0.3, -0.25) is 9.48 Å². The van der Waals surface area contributed by atoms with E-state index in [4.69, 9.17) is 0 Å². The molecule has 11 nitrogen and oxygen atoms in total. The summed E-state index contributed by atoms with van der Waals surface area (Å²) in [6.07, 6.45) is 4.12. The molecule has 2 aliphatic heterocycles. The van der Waals surface area contributed by atoms with Crippen molar-refractivity contribution in [1.82, 2.24) is 19.4 Å². The van der Waals surface area contributed by atoms with Gasteiger partial charge >= 0.3 is 0 Å². The number of rotatable bonds is 5. The first-order chi connectivity index (χ1) is 14.9. The largest absolute Gasteiger partial charge is 0.344 e. The normalized spacial score (nSPS) is 22.0. The molecule has 0 spiro atoms. The Bertz CT molecular complexity index is 1260. The minimum Gasteiger partial charge on any atom is -0.344 e. The second kappa shape index (κ2) is 6.61. The summed E-state index contributed by atoms with van der Waals surface area (Å²) in [5, 5.41) is 26.0. The number of carbonyl (C=O) groups excluding carboxylic acids is 1. The van der Waals surface area contributed by atoms with Gasteiger partial charge in [0.2, 0.25) is 16.0 Å². The van der Waals surface area contributed by atoms with E-state index in [0.717, 1.165) is 17.7 Å². The van der Waals surface area contributed by atoms with E-state index in [1.165, 1.54) is 29.2 Å². The summed E-state index contributed by atoms with van der Waals surface area (Å²) in [6.45, 7) is 4.04. The first kappa shape index (κ1) is 21.1. The highest BCUT2D eigenvalue weighted by molar-refractivity contribution is 7.89. The van der Waals surface area contributed by atoms with Crippen LogP contribution in [-0.2, 0) is 23.0 Å². The van der Waals surface area contributed by atoms with Crippen LogP contribution in [0.15, 0.2) is 40.5 Å². The predicted octanol–water partition coefficient (Wildman–Crippen LogP) is 0.0663. The van der Waals surface area contributed by atoms with Gasteiger partial charge in [0.05, 0.1) is 40.5 Å². The Morgan fingerprint density at radius 2 is 2.00 bits per heavy atom. The molecule has 3 heterocycles. The predicted molar refractivity (Wildman–Crippen MR) is 114 cm³/mol. The SMILES string of the molecule is CC1CN=C2N1c1ccc(S(=O)(=O)NC3(C)CC3)cc1C(=O)N2C(O)(O)c1cnn(C)c1. The van der Waals surface area contributed by atoms with Crippen LogP contribution in [0.5, 0.6) is 0 Å². The van der Waals surface area contributed by atoms with Crippen molar-refractivity contribution in [2.75, 3.05) is 11.4 Å². The lowest BCUT2D eigenvalue weighted by molar-refractivity contribution is -0.234. The van der Waals surface area contributed by atoms with Gasteiger partial charge in [-0.05, 0) is 44.9 Å². The lowest BCUT2D eigenvalue weighted by Gasteiger charge is -2.42. The van der Waals surface area contributed by atoms with Crippen LogP contribution in [0, 0.1) is 0 Å². The highest BCUT2D eigenvalue weighted by Crippen LogP contribution is 2.40. The van der Waals surface area contributed by atoms with Gasteiger partial charge in [0.1, 0.15) is 0 Å². The summed E-state index contributed by atoms with van der Waals surface area (Å²) >= 11 is 0.